The first-order valence-electron chi connectivity index (χ1n) is 9.26. The highest BCUT2D eigenvalue weighted by atomic mass is 79.9. The molecule has 0 N–H and O–H groups in total. The SMILES string of the molecule is CCOC(=O)CCc1cc(-c2ccc(Br)cc2)ccc1S(=O)(=O)c1ccccc1. The van der Waals surface area contributed by atoms with Gasteiger partial charge in [0, 0.05) is 10.9 Å². The molecule has 0 aliphatic rings. The molecule has 29 heavy (non-hydrogen) atoms. The molecule has 0 heterocycles. The van der Waals surface area contributed by atoms with E-state index in [1.165, 1.54) is 0 Å². The zero-order valence-corrected chi connectivity index (χ0v) is 18.4. The number of sulfone groups is 1. The quantitative estimate of drug-likeness (QED) is 0.429. The largest absolute Gasteiger partial charge is 0.466 e. The number of halogens is 1. The summed E-state index contributed by atoms with van der Waals surface area (Å²) in [7, 11) is -3.70. The summed E-state index contributed by atoms with van der Waals surface area (Å²) in [5, 5.41) is 0. The second kappa shape index (κ2) is 9.37. The number of carbonyl (C=O) groups excluding carboxylic acids is 1. The molecule has 6 heteroatoms. The molecule has 0 saturated heterocycles. The summed E-state index contributed by atoms with van der Waals surface area (Å²) in [5.41, 5.74) is 2.46. The van der Waals surface area contributed by atoms with E-state index < -0.39 is 9.84 Å². The molecule has 0 aliphatic heterocycles. The van der Waals surface area contributed by atoms with Gasteiger partial charge in [-0.05, 0) is 66.4 Å². The zero-order chi connectivity index (χ0) is 20.9. The van der Waals surface area contributed by atoms with Gasteiger partial charge in [-0.1, -0.05) is 52.3 Å². The first-order chi connectivity index (χ1) is 13.9. The van der Waals surface area contributed by atoms with Crippen molar-refractivity contribution in [2.24, 2.45) is 0 Å². The van der Waals surface area contributed by atoms with Crippen molar-refractivity contribution < 1.29 is 17.9 Å². The van der Waals surface area contributed by atoms with Crippen LogP contribution in [0.25, 0.3) is 11.1 Å². The summed E-state index contributed by atoms with van der Waals surface area (Å²) in [6, 6.07) is 21.4. The summed E-state index contributed by atoms with van der Waals surface area (Å²) in [4.78, 5) is 12.3. The Kier molecular flexibility index (Phi) is 6.87. The maximum Gasteiger partial charge on any atom is 0.306 e. The molecule has 150 valence electrons. The average Bonchev–Trinajstić information content (AvgIpc) is 2.73. The molecule has 0 fully saturated rings. The minimum Gasteiger partial charge on any atom is -0.466 e. The van der Waals surface area contributed by atoms with E-state index in [0.717, 1.165) is 15.6 Å². The van der Waals surface area contributed by atoms with Gasteiger partial charge < -0.3 is 4.74 Å². The summed E-state index contributed by atoms with van der Waals surface area (Å²) in [6.07, 6.45) is 0.402. The Labute approximate surface area is 179 Å². The van der Waals surface area contributed by atoms with Crippen LogP contribution in [0.2, 0.25) is 0 Å². The van der Waals surface area contributed by atoms with Gasteiger partial charge in [0.2, 0.25) is 9.84 Å². The highest BCUT2D eigenvalue weighted by molar-refractivity contribution is 9.10. The number of esters is 1. The molecule has 0 unspecified atom stereocenters. The van der Waals surface area contributed by atoms with E-state index in [0.29, 0.717) is 12.2 Å². The third kappa shape index (κ3) is 5.14. The van der Waals surface area contributed by atoms with Gasteiger partial charge in [-0.2, -0.15) is 0 Å². The van der Waals surface area contributed by atoms with Crippen molar-refractivity contribution in [3.8, 4) is 11.1 Å². The first kappa shape index (κ1) is 21.3. The molecular formula is C23H21BrO4S. The number of rotatable bonds is 7. The lowest BCUT2D eigenvalue weighted by molar-refractivity contribution is -0.143. The van der Waals surface area contributed by atoms with Crippen LogP contribution in [0.5, 0.6) is 0 Å². The molecule has 3 aromatic rings. The van der Waals surface area contributed by atoms with E-state index in [2.05, 4.69) is 15.9 Å². The van der Waals surface area contributed by atoms with Gasteiger partial charge in [0.1, 0.15) is 0 Å². The maximum atomic E-state index is 13.2. The van der Waals surface area contributed by atoms with Gasteiger partial charge >= 0.3 is 5.97 Å². The van der Waals surface area contributed by atoms with Gasteiger partial charge in [0.15, 0.2) is 0 Å². The maximum absolute atomic E-state index is 13.2. The number of hydrogen-bond donors (Lipinski definition) is 0. The standard InChI is InChI=1S/C23H21BrO4S/c1-2-28-23(25)15-11-19-16-18(17-8-12-20(24)13-9-17)10-14-22(19)29(26,27)21-6-4-3-5-7-21/h3-10,12-14,16H,2,11,15H2,1H3. The van der Waals surface area contributed by atoms with Crippen LogP contribution < -0.4 is 0 Å². The molecule has 3 aromatic carbocycles. The van der Waals surface area contributed by atoms with Crippen molar-refractivity contribution in [3.05, 3.63) is 82.8 Å². The van der Waals surface area contributed by atoms with Gasteiger partial charge in [0.05, 0.1) is 16.4 Å². The Hall–Kier alpha value is -2.44. The van der Waals surface area contributed by atoms with Crippen LogP contribution in [0.4, 0.5) is 0 Å². The van der Waals surface area contributed by atoms with Crippen LogP contribution in [-0.2, 0) is 25.8 Å². The van der Waals surface area contributed by atoms with Crippen LogP contribution in [0.1, 0.15) is 18.9 Å². The van der Waals surface area contributed by atoms with Gasteiger partial charge in [-0.15, -0.1) is 0 Å². The second-order valence-electron chi connectivity index (χ2n) is 6.45. The van der Waals surface area contributed by atoms with Crippen LogP contribution in [-0.4, -0.2) is 21.0 Å². The Morgan fingerprint density at radius 1 is 0.931 bits per heavy atom. The highest BCUT2D eigenvalue weighted by Crippen LogP contribution is 2.30. The monoisotopic (exact) mass is 472 g/mol. The number of aryl methyl sites for hydroxylation is 1. The first-order valence-corrected chi connectivity index (χ1v) is 11.5. The summed E-state index contributed by atoms with van der Waals surface area (Å²) < 4.78 is 32.4. The summed E-state index contributed by atoms with van der Waals surface area (Å²) in [5.74, 6) is -0.343. The molecule has 0 atom stereocenters. The molecule has 0 aromatic heterocycles. The third-order valence-electron chi connectivity index (χ3n) is 4.48. The zero-order valence-electron chi connectivity index (χ0n) is 16.0. The molecular weight excluding hydrogens is 452 g/mol. The molecule has 0 saturated carbocycles. The van der Waals surface area contributed by atoms with Crippen LogP contribution in [0.15, 0.2) is 87.1 Å². The normalized spacial score (nSPS) is 11.2. The smallest absolute Gasteiger partial charge is 0.306 e. The number of ether oxygens (including phenoxy) is 1. The van der Waals surface area contributed by atoms with Crippen molar-refractivity contribution in [1.82, 2.24) is 0 Å². The Morgan fingerprint density at radius 2 is 1.59 bits per heavy atom. The molecule has 3 rings (SSSR count). The lowest BCUT2D eigenvalue weighted by atomic mass is 10.0. The molecule has 4 nitrogen and oxygen atoms in total. The van der Waals surface area contributed by atoms with Crippen molar-refractivity contribution >= 4 is 31.7 Å². The van der Waals surface area contributed by atoms with Crippen molar-refractivity contribution in [3.63, 3.8) is 0 Å². The number of hydrogen-bond acceptors (Lipinski definition) is 4. The number of carbonyl (C=O) groups is 1. The van der Waals surface area contributed by atoms with Crippen LogP contribution >= 0.6 is 15.9 Å². The molecule has 0 spiro atoms. The van der Waals surface area contributed by atoms with Gasteiger partial charge in [-0.3, -0.25) is 4.79 Å². The van der Waals surface area contributed by atoms with E-state index in [1.54, 1.807) is 49.4 Å². The Bertz CT molecular complexity index is 1090. The fourth-order valence-electron chi connectivity index (χ4n) is 3.06. The minimum absolute atomic E-state index is 0.120. The number of benzene rings is 3. The second-order valence-corrected chi connectivity index (χ2v) is 9.28. The van der Waals surface area contributed by atoms with Crippen molar-refractivity contribution in [2.45, 2.75) is 29.6 Å². The predicted molar refractivity (Wildman–Crippen MR) is 116 cm³/mol. The lowest BCUT2D eigenvalue weighted by Crippen LogP contribution is -2.09. The van der Waals surface area contributed by atoms with Crippen LogP contribution in [0.3, 0.4) is 0 Å². The third-order valence-corrected chi connectivity index (χ3v) is 6.88. The predicted octanol–water partition coefficient (Wildman–Crippen LogP) is 5.44. The van der Waals surface area contributed by atoms with E-state index in [4.69, 9.17) is 4.74 Å². The molecule has 0 amide bonds. The Morgan fingerprint density at radius 3 is 2.24 bits per heavy atom. The van der Waals surface area contributed by atoms with E-state index in [9.17, 15) is 13.2 Å². The molecule has 0 bridgehead atoms. The fraction of sp³-hybridized carbons (Fsp3) is 0.174. The van der Waals surface area contributed by atoms with E-state index in [-0.39, 0.29) is 28.6 Å². The average molecular weight is 473 g/mol. The topological polar surface area (TPSA) is 60.4 Å². The fourth-order valence-corrected chi connectivity index (χ4v) is 4.84. The Balaban J connectivity index is 2.04. The molecule has 0 aliphatic carbocycles. The lowest BCUT2D eigenvalue weighted by Gasteiger charge is -2.13. The van der Waals surface area contributed by atoms with Crippen molar-refractivity contribution in [1.29, 1.82) is 0 Å². The summed E-state index contributed by atoms with van der Waals surface area (Å²) >= 11 is 3.42. The van der Waals surface area contributed by atoms with Crippen LogP contribution in [0, 0.1) is 0 Å². The molecule has 0 radical (unpaired) electrons. The van der Waals surface area contributed by atoms with Gasteiger partial charge in [-0.25, -0.2) is 8.42 Å². The highest BCUT2D eigenvalue weighted by Gasteiger charge is 2.22. The van der Waals surface area contributed by atoms with Crippen molar-refractivity contribution in [2.75, 3.05) is 6.61 Å². The van der Waals surface area contributed by atoms with E-state index in [1.807, 2.05) is 30.3 Å². The minimum atomic E-state index is -3.70. The van der Waals surface area contributed by atoms with Gasteiger partial charge in [0.25, 0.3) is 0 Å². The summed E-state index contributed by atoms with van der Waals surface area (Å²) in [6.45, 7) is 2.05. The van der Waals surface area contributed by atoms with E-state index >= 15 is 0 Å².